The number of rotatable bonds is 34. The Morgan fingerprint density at radius 3 is 1.56 bits per heavy atom. The molecule has 0 aromatic heterocycles. The van der Waals surface area contributed by atoms with E-state index in [9.17, 15) is 30.3 Å². The summed E-state index contributed by atoms with van der Waals surface area (Å²) in [5.74, 6) is -0.177. The van der Waals surface area contributed by atoms with E-state index in [1.165, 1.54) is 128 Å². The van der Waals surface area contributed by atoms with Crippen LogP contribution in [0.5, 0.6) is 0 Å². The highest BCUT2D eigenvalue weighted by Gasteiger charge is 2.44. The van der Waals surface area contributed by atoms with E-state index in [2.05, 4.69) is 19.2 Å². The van der Waals surface area contributed by atoms with Crippen molar-refractivity contribution in [3.8, 4) is 0 Å². The van der Waals surface area contributed by atoms with Crippen LogP contribution in [0.1, 0.15) is 187 Å². The van der Waals surface area contributed by atoms with E-state index >= 15 is 0 Å². The summed E-state index contributed by atoms with van der Waals surface area (Å²) >= 11 is 0. The maximum atomic E-state index is 12.9. The molecule has 1 amide bonds. The zero-order chi connectivity index (χ0) is 36.7. The molecule has 6 N–H and O–H groups in total. The molecule has 0 aromatic rings. The van der Waals surface area contributed by atoms with E-state index in [0.29, 0.717) is 6.42 Å². The van der Waals surface area contributed by atoms with E-state index in [-0.39, 0.29) is 12.5 Å². The highest BCUT2D eigenvalue weighted by molar-refractivity contribution is 5.76. The first-order valence-electron chi connectivity index (χ1n) is 20.9. The Morgan fingerprint density at radius 1 is 0.660 bits per heavy atom. The standard InChI is InChI=1S/C41H79NO8/c1-3-5-7-9-11-13-15-16-17-18-19-21-23-25-27-29-31-37(45)42-34(33-49-41-40(48)39(47)38(46)36(32-43)50-41)35(44)30-28-26-24-22-20-14-12-10-8-6-4-2/h28,30,34-36,38-41,43-44,46-48H,3-27,29,31-33H2,1-2H3,(H,42,45)/b30-28+/t34-,35+,36+,38+,39?,40?,41+/m0/s1. The highest BCUT2D eigenvalue weighted by Crippen LogP contribution is 2.22. The normalized spacial score (nSPS) is 22.3. The first-order chi connectivity index (χ1) is 24.3. The van der Waals surface area contributed by atoms with E-state index in [1.54, 1.807) is 6.08 Å². The number of carbonyl (C=O) groups excluding carboxylic acids is 1. The lowest BCUT2D eigenvalue weighted by atomic mass is 9.99. The lowest BCUT2D eigenvalue weighted by Crippen LogP contribution is -2.60. The van der Waals surface area contributed by atoms with Crippen LogP contribution in [0, 0.1) is 0 Å². The fourth-order valence-electron chi connectivity index (χ4n) is 6.68. The van der Waals surface area contributed by atoms with Crippen molar-refractivity contribution in [3.05, 3.63) is 12.2 Å². The van der Waals surface area contributed by atoms with Gasteiger partial charge in [0, 0.05) is 6.42 Å². The Morgan fingerprint density at radius 2 is 1.10 bits per heavy atom. The zero-order valence-electron chi connectivity index (χ0n) is 32.2. The van der Waals surface area contributed by atoms with Gasteiger partial charge < -0.3 is 40.3 Å². The molecule has 1 fully saturated rings. The molecule has 9 heteroatoms. The van der Waals surface area contributed by atoms with Gasteiger partial charge in [-0.3, -0.25) is 4.79 Å². The molecular formula is C41H79NO8. The molecule has 0 bridgehead atoms. The summed E-state index contributed by atoms with van der Waals surface area (Å²) < 4.78 is 11.2. The summed E-state index contributed by atoms with van der Waals surface area (Å²) in [6.45, 7) is 3.75. The molecule has 0 spiro atoms. The average Bonchev–Trinajstić information content (AvgIpc) is 3.11. The van der Waals surface area contributed by atoms with Gasteiger partial charge in [0.2, 0.25) is 5.91 Å². The second-order valence-corrected chi connectivity index (χ2v) is 14.8. The number of ether oxygens (including phenoxy) is 2. The summed E-state index contributed by atoms with van der Waals surface area (Å²) in [5.41, 5.74) is 0. The SMILES string of the molecule is CCCCCCCCCCC/C=C/[C@@H](O)[C@H](CO[C@@H]1O[C@H](CO)[C@@H](O)C(O)C1O)NC(=O)CCCCCCCCCCCCCCCCCC. The number of hydrogen-bond donors (Lipinski definition) is 6. The maximum Gasteiger partial charge on any atom is 0.220 e. The number of nitrogens with one attached hydrogen (secondary N) is 1. The van der Waals surface area contributed by atoms with Crippen LogP contribution < -0.4 is 5.32 Å². The Kier molecular flexibility index (Phi) is 30.6. The van der Waals surface area contributed by atoms with Gasteiger partial charge in [-0.25, -0.2) is 0 Å². The van der Waals surface area contributed by atoms with Crippen LogP contribution in [0.2, 0.25) is 0 Å². The molecule has 0 radical (unpaired) electrons. The molecule has 0 aromatic carbocycles. The van der Waals surface area contributed by atoms with Crippen LogP contribution in [0.4, 0.5) is 0 Å². The van der Waals surface area contributed by atoms with Crippen LogP contribution in [-0.4, -0.2) is 87.5 Å². The summed E-state index contributed by atoms with van der Waals surface area (Å²) in [4.78, 5) is 12.9. The monoisotopic (exact) mass is 714 g/mol. The average molecular weight is 714 g/mol. The predicted molar refractivity (Wildman–Crippen MR) is 203 cm³/mol. The number of amides is 1. The lowest BCUT2D eigenvalue weighted by molar-refractivity contribution is -0.302. The topological polar surface area (TPSA) is 149 Å². The van der Waals surface area contributed by atoms with Crippen LogP contribution in [0.15, 0.2) is 12.2 Å². The van der Waals surface area contributed by atoms with Gasteiger partial charge in [-0.05, 0) is 19.3 Å². The Hall–Kier alpha value is -1.07. The van der Waals surface area contributed by atoms with Crippen LogP contribution in [0.3, 0.4) is 0 Å². The van der Waals surface area contributed by atoms with E-state index in [0.717, 1.165) is 38.5 Å². The summed E-state index contributed by atoms with van der Waals surface area (Å²) in [6.07, 6.45) is 28.2. The first-order valence-corrected chi connectivity index (χ1v) is 20.9. The van der Waals surface area contributed by atoms with Crippen molar-refractivity contribution >= 4 is 5.91 Å². The van der Waals surface area contributed by atoms with Gasteiger partial charge in [0.25, 0.3) is 0 Å². The fraction of sp³-hybridized carbons (Fsp3) is 0.927. The molecule has 0 aliphatic carbocycles. The third-order valence-corrected chi connectivity index (χ3v) is 10.1. The van der Waals surface area contributed by atoms with Gasteiger partial charge in [-0.1, -0.05) is 174 Å². The second kappa shape index (κ2) is 32.6. The quantitative estimate of drug-likeness (QED) is 0.0293. The van der Waals surface area contributed by atoms with Crippen molar-refractivity contribution in [3.63, 3.8) is 0 Å². The maximum absolute atomic E-state index is 12.9. The molecule has 1 rings (SSSR count). The van der Waals surface area contributed by atoms with Gasteiger partial charge in [0.1, 0.15) is 24.4 Å². The fourth-order valence-corrected chi connectivity index (χ4v) is 6.68. The number of carbonyl (C=O) groups is 1. The molecule has 1 aliphatic rings. The van der Waals surface area contributed by atoms with Crippen LogP contribution in [-0.2, 0) is 14.3 Å². The number of hydrogen-bond acceptors (Lipinski definition) is 8. The number of allylic oxidation sites excluding steroid dienone is 1. The van der Waals surface area contributed by atoms with Gasteiger partial charge in [0.05, 0.1) is 25.4 Å². The van der Waals surface area contributed by atoms with E-state index < -0.39 is 49.5 Å². The lowest BCUT2D eigenvalue weighted by Gasteiger charge is -2.40. The number of aliphatic hydroxyl groups is 5. The van der Waals surface area contributed by atoms with Gasteiger partial charge >= 0.3 is 0 Å². The second-order valence-electron chi connectivity index (χ2n) is 14.8. The molecule has 50 heavy (non-hydrogen) atoms. The van der Waals surface area contributed by atoms with Gasteiger partial charge in [0.15, 0.2) is 6.29 Å². The largest absolute Gasteiger partial charge is 0.394 e. The molecule has 1 aliphatic heterocycles. The van der Waals surface area contributed by atoms with Crippen molar-refractivity contribution in [2.45, 2.75) is 230 Å². The predicted octanol–water partition coefficient (Wildman–Crippen LogP) is 7.78. The molecule has 1 heterocycles. The zero-order valence-corrected chi connectivity index (χ0v) is 32.2. The molecular weight excluding hydrogens is 634 g/mol. The Labute approximate surface area is 306 Å². The van der Waals surface area contributed by atoms with Crippen LogP contribution in [0.25, 0.3) is 0 Å². The summed E-state index contributed by atoms with van der Waals surface area (Å²) in [6, 6.07) is -0.796. The highest BCUT2D eigenvalue weighted by atomic mass is 16.7. The van der Waals surface area contributed by atoms with E-state index in [4.69, 9.17) is 9.47 Å². The van der Waals surface area contributed by atoms with E-state index in [1.807, 2.05) is 6.08 Å². The summed E-state index contributed by atoms with van der Waals surface area (Å²) in [5, 5.41) is 54.0. The Bertz CT molecular complexity index is 797. The third-order valence-electron chi connectivity index (χ3n) is 10.1. The minimum atomic E-state index is -1.56. The smallest absolute Gasteiger partial charge is 0.220 e. The minimum absolute atomic E-state index is 0.177. The van der Waals surface area contributed by atoms with Crippen molar-refractivity contribution in [1.82, 2.24) is 5.32 Å². The Balaban J connectivity index is 2.38. The molecule has 2 unspecified atom stereocenters. The molecule has 0 saturated carbocycles. The number of unbranched alkanes of at least 4 members (excludes halogenated alkanes) is 24. The summed E-state index contributed by atoms with van der Waals surface area (Å²) in [7, 11) is 0. The minimum Gasteiger partial charge on any atom is -0.394 e. The van der Waals surface area contributed by atoms with Crippen molar-refractivity contribution in [2.75, 3.05) is 13.2 Å². The molecule has 7 atom stereocenters. The third kappa shape index (κ3) is 23.5. The van der Waals surface area contributed by atoms with Gasteiger partial charge in [-0.2, -0.15) is 0 Å². The molecule has 9 nitrogen and oxygen atoms in total. The molecule has 1 saturated heterocycles. The van der Waals surface area contributed by atoms with Crippen LogP contribution >= 0.6 is 0 Å². The van der Waals surface area contributed by atoms with Crippen molar-refractivity contribution < 1.29 is 39.8 Å². The number of aliphatic hydroxyl groups excluding tert-OH is 5. The van der Waals surface area contributed by atoms with Gasteiger partial charge in [-0.15, -0.1) is 0 Å². The molecule has 296 valence electrons. The van der Waals surface area contributed by atoms with Crippen molar-refractivity contribution in [2.24, 2.45) is 0 Å². The van der Waals surface area contributed by atoms with Crippen molar-refractivity contribution in [1.29, 1.82) is 0 Å². The first kappa shape index (κ1) is 47.0.